The number of para-hydroxylation sites is 2. The zero-order chi connectivity index (χ0) is 11.8. The van der Waals surface area contributed by atoms with Crippen molar-refractivity contribution in [1.82, 2.24) is 19.5 Å². The molecule has 1 aromatic carbocycles. The molecule has 0 amide bonds. The maximum atomic E-state index is 5.72. The molecule has 0 aliphatic heterocycles. The number of nitrogens with two attached hydrogens (primary N) is 1. The Morgan fingerprint density at radius 3 is 2.82 bits per heavy atom. The first-order valence-electron chi connectivity index (χ1n) is 5.28. The van der Waals surface area contributed by atoms with Crippen LogP contribution in [0.1, 0.15) is 5.82 Å². The lowest BCUT2D eigenvalue weighted by atomic mass is 10.3. The molecule has 0 aliphatic carbocycles. The van der Waals surface area contributed by atoms with Crippen molar-refractivity contribution < 1.29 is 0 Å². The Balaban J connectivity index is 2.27. The molecule has 2 aromatic heterocycles. The summed E-state index contributed by atoms with van der Waals surface area (Å²) in [6.45, 7) is 1.82. The molecule has 17 heavy (non-hydrogen) atoms. The molecule has 0 bridgehead atoms. The lowest BCUT2D eigenvalue weighted by molar-refractivity contribution is 0.959. The van der Waals surface area contributed by atoms with Crippen LogP contribution < -0.4 is 5.73 Å². The summed E-state index contributed by atoms with van der Waals surface area (Å²) in [6, 6.07) is 9.62. The van der Waals surface area contributed by atoms with Crippen LogP contribution in [0.5, 0.6) is 0 Å². The molecule has 5 nitrogen and oxygen atoms in total. The van der Waals surface area contributed by atoms with Crippen LogP contribution in [-0.4, -0.2) is 19.5 Å². The number of aryl methyl sites for hydroxylation is 1. The molecule has 0 fully saturated rings. The van der Waals surface area contributed by atoms with E-state index in [2.05, 4.69) is 15.0 Å². The average Bonchev–Trinajstić information content (AvgIpc) is 2.71. The van der Waals surface area contributed by atoms with Gasteiger partial charge in [0.05, 0.1) is 11.0 Å². The lowest BCUT2D eigenvalue weighted by Crippen LogP contribution is -2.02. The fourth-order valence-corrected chi connectivity index (χ4v) is 1.84. The molecule has 0 saturated heterocycles. The Bertz CT molecular complexity index is 666. The highest BCUT2D eigenvalue weighted by Gasteiger charge is 2.06. The maximum absolute atomic E-state index is 5.72. The number of hydrogen-bond donors (Lipinski definition) is 1. The van der Waals surface area contributed by atoms with Crippen molar-refractivity contribution in [3.05, 3.63) is 42.5 Å². The minimum atomic E-state index is 0.463. The molecule has 3 aromatic rings. The van der Waals surface area contributed by atoms with Gasteiger partial charge in [0.25, 0.3) is 0 Å². The van der Waals surface area contributed by atoms with Crippen molar-refractivity contribution in [2.75, 3.05) is 5.73 Å². The first-order chi connectivity index (χ1) is 8.24. The smallest absolute Gasteiger partial charge is 0.144 e. The summed E-state index contributed by atoms with van der Waals surface area (Å²) in [5.74, 6) is 1.85. The fraction of sp³-hybridized carbons (Fsp3) is 0.0833. The van der Waals surface area contributed by atoms with E-state index in [0.717, 1.165) is 16.9 Å². The van der Waals surface area contributed by atoms with Gasteiger partial charge in [0.15, 0.2) is 0 Å². The van der Waals surface area contributed by atoms with Crippen molar-refractivity contribution in [2.24, 2.45) is 0 Å². The maximum Gasteiger partial charge on any atom is 0.144 e. The summed E-state index contributed by atoms with van der Waals surface area (Å²) >= 11 is 0. The molecule has 84 valence electrons. The highest BCUT2D eigenvalue weighted by atomic mass is 15.1. The third kappa shape index (κ3) is 1.61. The number of benzene rings is 1. The van der Waals surface area contributed by atoms with Gasteiger partial charge in [0.2, 0.25) is 0 Å². The van der Waals surface area contributed by atoms with Gasteiger partial charge >= 0.3 is 0 Å². The molecule has 5 heteroatoms. The standard InChI is InChI=1S/C12H11N5/c1-8-15-11(13)6-12(16-8)17-7-14-9-4-2-3-5-10(9)17/h2-7H,1H3,(H2,13,15,16). The number of rotatable bonds is 1. The molecule has 0 aliphatic rings. The van der Waals surface area contributed by atoms with Crippen molar-refractivity contribution >= 4 is 16.9 Å². The summed E-state index contributed by atoms with van der Waals surface area (Å²) < 4.78 is 1.90. The van der Waals surface area contributed by atoms with Gasteiger partial charge in [-0.2, -0.15) is 0 Å². The third-order valence-corrected chi connectivity index (χ3v) is 2.54. The second-order valence-electron chi connectivity index (χ2n) is 3.80. The zero-order valence-electron chi connectivity index (χ0n) is 9.33. The summed E-state index contributed by atoms with van der Waals surface area (Å²) in [7, 11) is 0. The zero-order valence-corrected chi connectivity index (χ0v) is 9.33. The largest absolute Gasteiger partial charge is 0.384 e. The van der Waals surface area contributed by atoms with E-state index in [1.165, 1.54) is 0 Å². The SMILES string of the molecule is Cc1nc(N)cc(-n2cnc3ccccc32)n1. The number of nitrogens with zero attached hydrogens (tertiary/aromatic N) is 4. The molecule has 0 radical (unpaired) electrons. The normalized spacial score (nSPS) is 10.9. The van der Waals surface area contributed by atoms with Crippen LogP contribution in [0.25, 0.3) is 16.9 Å². The molecule has 0 unspecified atom stereocenters. The molecule has 2 heterocycles. The molecule has 3 rings (SSSR count). The Labute approximate surface area is 98.0 Å². The van der Waals surface area contributed by atoms with Crippen LogP contribution in [0.3, 0.4) is 0 Å². The molecule has 0 spiro atoms. The predicted octanol–water partition coefficient (Wildman–Crippen LogP) is 1.71. The fourth-order valence-electron chi connectivity index (χ4n) is 1.84. The number of fused-ring (bicyclic) bond motifs is 1. The first kappa shape index (κ1) is 9.77. The van der Waals surface area contributed by atoms with Gasteiger partial charge < -0.3 is 5.73 Å². The average molecular weight is 225 g/mol. The molecular formula is C12H11N5. The minimum absolute atomic E-state index is 0.463. The van der Waals surface area contributed by atoms with Crippen LogP contribution in [-0.2, 0) is 0 Å². The monoisotopic (exact) mass is 225 g/mol. The van der Waals surface area contributed by atoms with Gasteiger partial charge in [-0.1, -0.05) is 12.1 Å². The van der Waals surface area contributed by atoms with Gasteiger partial charge in [-0.3, -0.25) is 4.57 Å². The van der Waals surface area contributed by atoms with E-state index >= 15 is 0 Å². The van der Waals surface area contributed by atoms with Crippen molar-refractivity contribution in [2.45, 2.75) is 6.92 Å². The Morgan fingerprint density at radius 1 is 1.18 bits per heavy atom. The Morgan fingerprint density at radius 2 is 2.00 bits per heavy atom. The Kier molecular flexibility index (Phi) is 2.04. The van der Waals surface area contributed by atoms with E-state index in [9.17, 15) is 0 Å². The highest BCUT2D eigenvalue weighted by molar-refractivity contribution is 5.76. The number of anilines is 1. The summed E-state index contributed by atoms with van der Waals surface area (Å²) in [5, 5.41) is 0. The van der Waals surface area contributed by atoms with Crippen LogP contribution >= 0.6 is 0 Å². The van der Waals surface area contributed by atoms with Gasteiger partial charge in [-0.05, 0) is 19.1 Å². The topological polar surface area (TPSA) is 69.6 Å². The lowest BCUT2D eigenvalue weighted by Gasteiger charge is -2.04. The number of aromatic nitrogens is 4. The predicted molar refractivity (Wildman–Crippen MR) is 65.8 cm³/mol. The van der Waals surface area contributed by atoms with Crippen molar-refractivity contribution in [3.8, 4) is 5.82 Å². The van der Waals surface area contributed by atoms with E-state index in [4.69, 9.17) is 5.73 Å². The molecule has 2 N–H and O–H groups in total. The summed E-state index contributed by atoms with van der Waals surface area (Å²) in [4.78, 5) is 12.7. The van der Waals surface area contributed by atoms with Crippen LogP contribution in [0.2, 0.25) is 0 Å². The third-order valence-electron chi connectivity index (χ3n) is 2.54. The quantitative estimate of drug-likeness (QED) is 0.684. The van der Waals surface area contributed by atoms with Gasteiger partial charge in [0.1, 0.15) is 23.8 Å². The van der Waals surface area contributed by atoms with E-state index in [1.807, 2.05) is 35.8 Å². The second kappa shape index (κ2) is 3.55. The number of hydrogen-bond acceptors (Lipinski definition) is 4. The van der Waals surface area contributed by atoms with Crippen LogP contribution in [0, 0.1) is 6.92 Å². The van der Waals surface area contributed by atoms with Crippen LogP contribution in [0.4, 0.5) is 5.82 Å². The van der Waals surface area contributed by atoms with E-state index in [0.29, 0.717) is 11.6 Å². The second-order valence-corrected chi connectivity index (χ2v) is 3.80. The molecule has 0 atom stereocenters. The first-order valence-corrected chi connectivity index (χ1v) is 5.28. The van der Waals surface area contributed by atoms with E-state index in [-0.39, 0.29) is 0 Å². The van der Waals surface area contributed by atoms with Crippen molar-refractivity contribution in [3.63, 3.8) is 0 Å². The molecular weight excluding hydrogens is 214 g/mol. The highest BCUT2D eigenvalue weighted by Crippen LogP contribution is 2.17. The van der Waals surface area contributed by atoms with Crippen molar-refractivity contribution in [1.29, 1.82) is 0 Å². The minimum Gasteiger partial charge on any atom is -0.384 e. The Hall–Kier alpha value is -2.43. The number of imidazole rings is 1. The van der Waals surface area contributed by atoms with E-state index in [1.54, 1.807) is 12.4 Å². The van der Waals surface area contributed by atoms with Crippen LogP contribution in [0.15, 0.2) is 36.7 Å². The van der Waals surface area contributed by atoms with E-state index < -0.39 is 0 Å². The van der Waals surface area contributed by atoms with Gasteiger partial charge in [0, 0.05) is 6.07 Å². The van der Waals surface area contributed by atoms with Gasteiger partial charge in [-0.15, -0.1) is 0 Å². The van der Waals surface area contributed by atoms with Gasteiger partial charge in [-0.25, -0.2) is 15.0 Å². The summed E-state index contributed by atoms with van der Waals surface area (Å²) in [5.41, 5.74) is 7.66. The number of nitrogen functional groups attached to an aromatic ring is 1. The summed E-state index contributed by atoms with van der Waals surface area (Å²) in [6.07, 6.45) is 1.74. The molecule has 0 saturated carbocycles.